The molecule has 4 aromatic rings. The van der Waals surface area contributed by atoms with Crippen molar-refractivity contribution >= 4 is 52.4 Å². The van der Waals surface area contributed by atoms with E-state index in [0.29, 0.717) is 75.3 Å². The number of anilines is 2. The van der Waals surface area contributed by atoms with Crippen molar-refractivity contribution in [3.05, 3.63) is 106 Å². The van der Waals surface area contributed by atoms with Crippen molar-refractivity contribution in [2.45, 2.75) is 98.2 Å². The van der Waals surface area contributed by atoms with Gasteiger partial charge in [0.1, 0.15) is 30.2 Å². The van der Waals surface area contributed by atoms with Crippen LogP contribution >= 0.6 is 0 Å². The number of carboxylic acids is 1. The predicted octanol–water partition coefficient (Wildman–Crippen LogP) is 7.20. The van der Waals surface area contributed by atoms with Crippen LogP contribution in [0, 0.1) is 17.7 Å². The average Bonchev–Trinajstić information content (AvgIpc) is 3.31. The first-order valence-corrected chi connectivity index (χ1v) is 23.2. The predicted molar refractivity (Wildman–Crippen MR) is 255 cm³/mol. The molecular formula is C50H64FN7O10. The molecule has 2 aliphatic heterocycles. The van der Waals surface area contributed by atoms with Crippen LogP contribution in [0.4, 0.5) is 30.1 Å². The highest BCUT2D eigenvalue weighted by Gasteiger charge is 2.31. The quantitative estimate of drug-likeness (QED) is 0.0825. The lowest BCUT2D eigenvalue weighted by molar-refractivity contribution is -0.118. The molecule has 0 unspecified atom stereocenters. The minimum absolute atomic E-state index is 0.0146. The SMILES string of the molecule is CCn1cc(C(=O)O)c(=O)c2cc(F)c(N3CCN(C(=O)OCc4ccc(NC(=O)[C@H](CC5CCN(C(=O)OC(C)(C)C)CC5)NC[C@@H](NC(=O)OCc5ccccc5)C(C)C)cc4)CC3)cc21. The summed E-state index contributed by atoms with van der Waals surface area (Å²) >= 11 is 0. The number of piperidine rings is 1. The normalized spacial score (nSPS) is 15.4. The van der Waals surface area contributed by atoms with E-state index >= 15 is 4.39 Å². The highest BCUT2D eigenvalue weighted by atomic mass is 19.1. The highest BCUT2D eigenvalue weighted by molar-refractivity contribution is 5.95. The number of aromatic carboxylic acids is 1. The van der Waals surface area contributed by atoms with E-state index in [4.69, 9.17) is 14.2 Å². The van der Waals surface area contributed by atoms with Crippen LogP contribution in [-0.2, 0) is 38.8 Å². The second kappa shape index (κ2) is 22.9. The molecule has 0 saturated carbocycles. The number of benzene rings is 3. The molecule has 18 heteroatoms. The Hall–Kier alpha value is -6.69. The first-order chi connectivity index (χ1) is 32.4. The van der Waals surface area contributed by atoms with Gasteiger partial charge in [-0.2, -0.15) is 0 Å². The molecular weight excluding hydrogens is 878 g/mol. The van der Waals surface area contributed by atoms with Crippen LogP contribution < -0.4 is 26.3 Å². The van der Waals surface area contributed by atoms with Gasteiger partial charge in [0.2, 0.25) is 11.3 Å². The Morgan fingerprint density at radius 1 is 0.838 bits per heavy atom. The summed E-state index contributed by atoms with van der Waals surface area (Å²) in [6.07, 6.45) is 1.70. The van der Waals surface area contributed by atoms with Crippen LogP contribution in [0.3, 0.4) is 0 Å². The Morgan fingerprint density at radius 3 is 2.09 bits per heavy atom. The van der Waals surface area contributed by atoms with Gasteiger partial charge in [0.15, 0.2) is 0 Å². The van der Waals surface area contributed by atoms with Gasteiger partial charge in [-0.25, -0.2) is 23.6 Å². The molecule has 366 valence electrons. The molecule has 0 bridgehead atoms. The Morgan fingerprint density at radius 2 is 1.47 bits per heavy atom. The molecule has 4 N–H and O–H groups in total. The Balaban J connectivity index is 1.03. The second-order valence-corrected chi connectivity index (χ2v) is 18.7. The number of carboxylic acid groups (broad SMARTS) is 1. The van der Waals surface area contributed by atoms with E-state index in [-0.39, 0.29) is 67.3 Å². The number of nitrogens with zero attached hydrogens (tertiary/aromatic N) is 4. The lowest BCUT2D eigenvalue weighted by Gasteiger charge is -2.35. The van der Waals surface area contributed by atoms with Crippen molar-refractivity contribution in [2.75, 3.05) is 56.0 Å². The fourth-order valence-corrected chi connectivity index (χ4v) is 8.27. The zero-order valence-corrected chi connectivity index (χ0v) is 39.7. The zero-order chi connectivity index (χ0) is 49.1. The van der Waals surface area contributed by atoms with Crippen LogP contribution in [0.1, 0.15) is 82.3 Å². The molecule has 0 aliphatic carbocycles. The summed E-state index contributed by atoms with van der Waals surface area (Å²) in [5.41, 5.74) is 0.977. The Bertz CT molecular complexity index is 2460. The molecule has 3 heterocycles. The van der Waals surface area contributed by atoms with Gasteiger partial charge in [0.25, 0.3) is 0 Å². The third-order valence-corrected chi connectivity index (χ3v) is 12.2. The van der Waals surface area contributed by atoms with Gasteiger partial charge in [-0.15, -0.1) is 0 Å². The van der Waals surface area contributed by atoms with Gasteiger partial charge >= 0.3 is 24.2 Å². The van der Waals surface area contributed by atoms with Crippen LogP contribution in [0.2, 0.25) is 0 Å². The standard InChI is InChI=1S/C50H64FN7O10/c1-7-55-29-38(46(61)62)44(59)37-26-39(51)43(27-42(37)55)56-21-23-58(24-22-56)48(64)67-31-35-13-15-36(16-14-35)53-45(60)40(25-33-17-19-57(20-18-33)49(65)68-50(4,5)6)52-28-41(32(2)3)54-47(63)66-30-34-11-9-8-10-12-34/h8-16,26-27,29,32-33,40-41,52H,7,17-25,28,30-31H2,1-6H3,(H,53,60)(H,54,63)(H,61,62)/t40-,41+/m0/s1. The molecule has 3 aromatic carbocycles. The number of fused-ring (bicyclic) bond motifs is 1. The van der Waals surface area contributed by atoms with Gasteiger partial charge < -0.3 is 54.5 Å². The van der Waals surface area contributed by atoms with Crippen molar-refractivity contribution in [1.29, 1.82) is 0 Å². The number of hydrogen-bond acceptors (Lipinski definition) is 11. The first-order valence-electron chi connectivity index (χ1n) is 23.2. The number of aryl methyl sites for hydroxylation is 1. The van der Waals surface area contributed by atoms with E-state index in [1.54, 1.807) is 51.6 Å². The summed E-state index contributed by atoms with van der Waals surface area (Å²) < 4.78 is 33.7. The Kier molecular flexibility index (Phi) is 17.1. The van der Waals surface area contributed by atoms with Gasteiger partial charge in [0, 0.05) is 75.7 Å². The molecule has 2 atom stereocenters. The fourth-order valence-electron chi connectivity index (χ4n) is 8.27. The topological polar surface area (TPSA) is 201 Å². The van der Waals surface area contributed by atoms with E-state index in [1.807, 2.05) is 65.0 Å². The molecule has 4 amide bonds. The van der Waals surface area contributed by atoms with Crippen LogP contribution in [0.5, 0.6) is 0 Å². The number of halogens is 1. The van der Waals surface area contributed by atoms with Gasteiger partial charge in [-0.1, -0.05) is 56.3 Å². The van der Waals surface area contributed by atoms with Gasteiger partial charge in [-0.05, 0) is 94.2 Å². The fraction of sp³-hybridized carbons (Fsp3) is 0.480. The van der Waals surface area contributed by atoms with Crippen LogP contribution in [0.15, 0.2) is 77.7 Å². The number of carbonyl (C=O) groups excluding carboxylic acids is 4. The van der Waals surface area contributed by atoms with Crippen LogP contribution in [0.25, 0.3) is 10.9 Å². The number of alkyl carbamates (subject to hydrolysis) is 1. The third-order valence-electron chi connectivity index (χ3n) is 12.2. The van der Waals surface area contributed by atoms with Crippen molar-refractivity contribution < 1.29 is 47.7 Å². The number of aromatic nitrogens is 1. The number of hydrogen-bond donors (Lipinski definition) is 4. The minimum atomic E-state index is -1.38. The van der Waals surface area contributed by atoms with Crippen molar-refractivity contribution in [3.8, 4) is 0 Å². The average molecular weight is 942 g/mol. The first kappa shape index (κ1) is 50.7. The summed E-state index contributed by atoms with van der Waals surface area (Å²) in [5, 5.41) is 18.8. The summed E-state index contributed by atoms with van der Waals surface area (Å²) in [7, 11) is 0. The lowest BCUT2D eigenvalue weighted by atomic mass is 9.89. The monoisotopic (exact) mass is 941 g/mol. The number of rotatable bonds is 16. The van der Waals surface area contributed by atoms with E-state index in [0.717, 1.165) is 11.6 Å². The number of carbonyl (C=O) groups is 5. The maximum atomic E-state index is 15.4. The van der Waals surface area contributed by atoms with Crippen molar-refractivity contribution in [1.82, 2.24) is 25.0 Å². The smallest absolute Gasteiger partial charge is 0.410 e. The van der Waals surface area contributed by atoms with Gasteiger partial charge in [-0.3, -0.25) is 9.59 Å². The maximum Gasteiger partial charge on any atom is 0.410 e. The molecule has 2 aliphatic rings. The lowest BCUT2D eigenvalue weighted by Crippen LogP contribution is -2.51. The van der Waals surface area contributed by atoms with Crippen molar-refractivity contribution in [3.63, 3.8) is 0 Å². The second-order valence-electron chi connectivity index (χ2n) is 18.7. The summed E-state index contributed by atoms with van der Waals surface area (Å²) in [6, 6.07) is 18.0. The molecule has 2 fully saturated rings. The van der Waals surface area contributed by atoms with Gasteiger partial charge in [0.05, 0.1) is 17.2 Å². The number of likely N-dealkylation sites (tertiary alicyclic amines) is 1. The largest absolute Gasteiger partial charge is 0.477 e. The van der Waals surface area contributed by atoms with E-state index in [9.17, 15) is 33.9 Å². The molecule has 1 aromatic heterocycles. The molecule has 17 nitrogen and oxygen atoms in total. The summed E-state index contributed by atoms with van der Waals surface area (Å²) in [6.45, 7) is 14.2. The van der Waals surface area contributed by atoms with Crippen molar-refractivity contribution in [2.24, 2.45) is 11.8 Å². The molecule has 2 saturated heterocycles. The van der Waals surface area contributed by atoms with E-state index in [2.05, 4.69) is 16.0 Å². The molecule has 0 spiro atoms. The number of nitrogens with one attached hydrogen (secondary N) is 3. The molecule has 6 rings (SSSR count). The number of amides is 4. The number of ether oxygens (including phenoxy) is 3. The van der Waals surface area contributed by atoms with E-state index in [1.165, 1.54) is 11.1 Å². The number of pyridine rings is 1. The van der Waals surface area contributed by atoms with E-state index < -0.39 is 46.6 Å². The summed E-state index contributed by atoms with van der Waals surface area (Å²) in [5.74, 6) is -2.15. The molecule has 68 heavy (non-hydrogen) atoms. The third kappa shape index (κ3) is 13.7. The number of piperazine rings is 1. The minimum Gasteiger partial charge on any atom is -0.477 e. The van der Waals surface area contributed by atoms with Crippen LogP contribution in [-0.4, -0.2) is 113 Å². The summed E-state index contributed by atoms with van der Waals surface area (Å²) in [4.78, 5) is 82.2. The maximum absolute atomic E-state index is 15.4. The highest BCUT2D eigenvalue weighted by Crippen LogP contribution is 2.28. The zero-order valence-electron chi connectivity index (χ0n) is 39.7. The Labute approximate surface area is 395 Å². The molecule has 0 radical (unpaired) electrons.